The van der Waals surface area contributed by atoms with Gasteiger partial charge in [-0.2, -0.15) is 0 Å². The molecule has 4 nitrogen and oxygen atoms in total. The molecule has 0 atom stereocenters. The van der Waals surface area contributed by atoms with Gasteiger partial charge in [0.1, 0.15) is 5.82 Å². The van der Waals surface area contributed by atoms with Gasteiger partial charge in [0.05, 0.1) is 0 Å². The predicted molar refractivity (Wildman–Crippen MR) is 85.7 cm³/mol. The van der Waals surface area contributed by atoms with Crippen LogP contribution in [0.2, 0.25) is 0 Å². The number of guanidine groups is 1. The molecule has 1 aliphatic carbocycles. The molecule has 1 heterocycles. The molecule has 0 aromatic heterocycles. The first kappa shape index (κ1) is 15.3. The smallest absolute Gasteiger partial charge is 0.191 e. The van der Waals surface area contributed by atoms with E-state index in [9.17, 15) is 4.39 Å². The van der Waals surface area contributed by atoms with Gasteiger partial charge in [-0.3, -0.25) is 4.99 Å². The van der Waals surface area contributed by atoms with E-state index in [-0.39, 0.29) is 11.2 Å². The third-order valence-electron chi connectivity index (χ3n) is 4.64. The third kappa shape index (κ3) is 3.58. The second kappa shape index (κ2) is 6.65. The lowest BCUT2D eigenvalue weighted by Gasteiger charge is -2.38. The molecule has 2 aliphatic rings. The van der Waals surface area contributed by atoms with E-state index < -0.39 is 0 Å². The van der Waals surface area contributed by atoms with E-state index in [4.69, 9.17) is 4.74 Å². The number of benzene rings is 1. The lowest BCUT2D eigenvalue weighted by molar-refractivity contribution is 0.0513. The first-order valence-electron chi connectivity index (χ1n) is 8.03. The van der Waals surface area contributed by atoms with Gasteiger partial charge in [0.25, 0.3) is 0 Å². The van der Waals surface area contributed by atoms with Gasteiger partial charge < -0.3 is 15.4 Å². The number of halogens is 1. The lowest BCUT2D eigenvalue weighted by Crippen LogP contribution is -2.48. The fourth-order valence-corrected chi connectivity index (χ4v) is 3.00. The highest BCUT2D eigenvalue weighted by Gasteiger charge is 2.35. The number of nitrogens with zero attached hydrogens (tertiary/aromatic N) is 1. The number of nitrogens with one attached hydrogen (secondary N) is 2. The molecule has 0 radical (unpaired) electrons. The van der Waals surface area contributed by atoms with Crippen molar-refractivity contribution in [1.82, 2.24) is 10.6 Å². The molecule has 22 heavy (non-hydrogen) atoms. The van der Waals surface area contributed by atoms with Crippen LogP contribution in [0.3, 0.4) is 0 Å². The lowest BCUT2D eigenvalue weighted by atomic mass is 9.74. The van der Waals surface area contributed by atoms with E-state index in [0.29, 0.717) is 6.04 Å². The maximum absolute atomic E-state index is 13.2. The summed E-state index contributed by atoms with van der Waals surface area (Å²) in [4.78, 5) is 4.29. The Labute approximate surface area is 131 Å². The van der Waals surface area contributed by atoms with Gasteiger partial charge in [0.15, 0.2) is 5.96 Å². The van der Waals surface area contributed by atoms with Gasteiger partial charge in [-0.1, -0.05) is 12.1 Å². The molecule has 1 saturated carbocycles. The highest BCUT2D eigenvalue weighted by molar-refractivity contribution is 5.80. The van der Waals surface area contributed by atoms with E-state index in [1.54, 1.807) is 19.2 Å². The first-order chi connectivity index (χ1) is 10.7. The second-order valence-electron chi connectivity index (χ2n) is 6.24. The maximum Gasteiger partial charge on any atom is 0.191 e. The third-order valence-corrected chi connectivity index (χ3v) is 4.64. The van der Waals surface area contributed by atoms with Crippen LogP contribution in [-0.2, 0) is 10.2 Å². The quantitative estimate of drug-likeness (QED) is 0.662. The molecule has 2 fully saturated rings. The normalized spacial score (nSPS) is 21.5. The molecule has 1 aromatic carbocycles. The first-order valence-corrected chi connectivity index (χ1v) is 8.03. The molecule has 0 bridgehead atoms. The van der Waals surface area contributed by atoms with E-state index in [1.807, 2.05) is 12.1 Å². The minimum atomic E-state index is -0.190. The minimum absolute atomic E-state index is 0.0207. The summed E-state index contributed by atoms with van der Waals surface area (Å²) in [6.45, 7) is 2.27. The van der Waals surface area contributed by atoms with Crippen molar-refractivity contribution in [3.8, 4) is 0 Å². The van der Waals surface area contributed by atoms with Crippen LogP contribution in [0.1, 0.15) is 31.2 Å². The number of hydrogen-bond acceptors (Lipinski definition) is 2. The van der Waals surface area contributed by atoms with Gasteiger partial charge >= 0.3 is 0 Å². The summed E-state index contributed by atoms with van der Waals surface area (Å²) in [6.07, 6.45) is 4.31. The Morgan fingerprint density at radius 1 is 1.27 bits per heavy atom. The van der Waals surface area contributed by atoms with Crippen molar-refractivity contribution in [2.75, 3.05) is 26.8 Å². The Bertz CT molecular complexity index is 519. The molecule has 0 amide bonds. The summed E-state index contributed by atoms with van der Waals surface area (Å²) in [5, 5.41) is 6.86. The Kier molecular flexibility index (Phi) is 4.62. The molecule has 2 N–H and O–H groups in total. The fraction of sp³-hybridized carbons (Fsp3) is 0.588. The van der Waals surface area contributed by atoms with E-state index >= 15 is 0 Å². The number of ether oxygens (including phenoxy) is 1. The van der Waals surface area contributed by atoms with Crippen molar-refractivity contribution >= 4 is 5.96 Å². The summed E-state index contributed by atoms with van der Waals surface area (Å²) >= 11 is 0. The highest BCUT2D eigenvalue weighted by Crippen LogP contribution is 2.34. The van der Waals surface area contributed by atoms with Crippen LogP contribution >= 0.6 is 0 Å². The Hall–Kier alpha value is -1.62. The molecule has 0 spiro atoms. The van der Waals surface area contributed by atoms with Crippen molar-refractivity contribution < 1.29 is 9.13 Å². The average molecular weight is 305 g/mol. The Balaban J connectivity index is 1.72. The SMILES string of the molecule is CN=C(NCC1(c2ccc(F)cc2)CCOCC1)NC1CC1. The molecule has 5 heteroatoms. The largest absolute Gasteiger partial charge is 0.381 e. The molecule has 1 aromatic rings. The van der Waals surface area contributed by atoms with Gasteiger partial charge in [0, 0.05) is 38.3 Å². The molecule has 120 valence electrons. The summed E-state index contributed by atoms with van der Waals surface area (Å²) in [5.41, 5.74) is 1.15. The van der Waals surface area contributed by atoms with Crippen molar-refractivity contribution in [3.63, 3.8) is 0 Å². The standard InChI is InChI=1S/C17H24FN3O/c1-19-16(21-15-6-7-15)20-12-17(8-10-22-11-9-17)13-2-4-14(18)5-3-13/h2-5,15H,6-12H2,1H3,(H2,19,20,21). The minimum Gasteiger partial charge on any atom is -0.381 e. The number of aliphatic imine (C=N–C) groups is 1. The molecular formula is C17H24FN3O. The zero-order valence-corrected chi connectivity index (χ0v) is 13.1. The highest BCUT2D eigenvalue weighted by atomic mass is 19.1. The maximum atomic E-state index is 13.2. The van der Waals surface area contributed by atoms with Crippen LogP contribution in [0.5, 0.6) is 0 Å². The topological polar surface area (TPSA) is 45.7 Å². The van der Waals surface area contributed by atoms with Crippen molar-refractivity contribution in [1.29, 1.82) is 0 Å². The van der Waals surface area contributed by atoms with E-state index in [2.05, 4.69) is 15.6 Å². The van der Waals surface area contributed by atoms with Crippen LogP contribution in [0, 0.1) is 5.82 Å². The molecular weight excluding hydrogens is 281 g/mol. The molecule has 1 aliphatic heterocycles. The van der Waals surface area contributed by atoms with Crippen LogP contribution in [0.25, 0.3) is 0 Å². The monoisotopic (exact) mass is 305 g/mol. The predicted octanol–water partition coefficient (Wildman–Crippen LogP) is 2.20. The molecule has 3 rings (SSSR count). The second-order valence-corrected chi connectivity index (χ2v) is 6.24. The van der Waals surface area contributed by atoms with E-state index in [0.717, 1.165) is 38.6 Å². The zero-order valence-electron chi connectivity index (χ0n) is 13.1. The van der Waals surface area contributed by atoms with Gasteiger partial charge in [-0.05, 0) is 43.4 Å². The van der Waals surface area contributed by atoms with Crippen molar-refractivity contribution in [3.05, 3.63) is 35.6 Å². The van der Waals surface area contributed by atoms with Gasteiger partial charge in [-0.15, -0.1) is 0 Å². The number of rotatable bonds is 4. The molecule has 1 saturated heterocycles. The summed E-state index contributed by atoms with van der Waals surface area (Å²) in [5.74, 6) is 0.667. The Morgan fingerprint density at radius 3 is 2.55 bits per heavy atom. The van der Waals surface area contributed by atoms with Crippen LogP contribution < -0.4 is 10.6 Å². The van der Waals surface area contributed by atoms with Crippen LogP contribution in [-0.4, -0.2) is 38.8 Å². The molecule has 0 unspecified atom stereocenters. The average Bonchev–Trinajstić information content (AvgIpc) is 3.37. The summed E-state index contributed by atoms with van der Waals surface area (Å²) in [7, 11) is 1.80. The summed E-state index contributed by atoms with van der Waals surface area (Å²) in [6, 6.07) is 7.47. The Morgan fingerprint density at radius 2 is 1.95 bits per heavy atom. The van der Waals surface area contributed by atoms with Crippen LogP contribution in [0.15, 0.2) is 29.3 Å². The van der Waals surface area contributed by atoms with Crippen LogP contribution in [0.4, 0.5) is 4.39 Å². The van der Waals surface area contributed by atoms with Gasteiger partial charge in [-0.25, -0.2) is 4.39 Å². The van der Waals surface area contributed by atoms with Crippen molar-refractivity contribution in [2.24, 2.45) is 4.99 Å². The van der Waals surface area contributed by atoms with Gasteiger partial charge in [0.2, 0.25) is 0 Å². The summed E-state index contributed by atoms with van der Waals surface area (Å²) < 4.78 is 18.8. The zero-order chi connectivity index (χ0) is 15.4. The van der Waals surface area contributed by atoms with Crippen molar-refractivity contribution in [2.45, 2.75) is 37.1 Å². The fourth-order valence-electron chi connectivity index (χ4n) is 3.00. The number of hydrogen-bond donors (Lipinski definition) is 2. The van der Waals surface area contributed by atoms with E-state index in [1.165, 1.54) is 18.4 Å².